The fraction of sp³-hybridized carbons (Fsp3) is 0.176. The van der Waals surface area contributed by atoms with E-state index in [4.69, 9.17) is 4.74 Å². The summed E-state index contributed by atoms with van der Waals surface area (Å²) in [5.41, 5.74) is 3.66. The average Bonchev–Trinajstić information content (AvgIpc) is 2.91. The molecule has 1 amide bonds. The van der Waals surface area contributed by atoms with Gasteiger partial charge in [-0.25, -0.2) is 0 Å². The molecule has 3 aromatic rings. The van der Waals surface area contributed by atoms with Crippen LogP contribution in [0.15, 0.2) is 42.9 Å². The molecule has 0 aliphatic heterocycles. The monoisotopic (exact) mass is 295 g/mol. The summed E-state index contributed by atoms with van der Waals surface area (Å²) in [6, 6.07) is 7.57. The lowest BCUT2D eigenvalue weighted by molar-refractivity contribution is -0.115. The fourth-order valence-corrected chi connectivity index (χ4v) is 2.41. The highest BCUT2D eigenvalue weighted by Crippen LogP contribution is 2.24. The number of aryl methyl sites for hydroxylation is 1. The first-order valence-electron chi connectivity index (χ1n) is 7.02. The van der Waals surface area contributed by atoms with Crippen molar-refractivity contribution in [2.45, 2.75) is 13.3 Å². The molecule has 5 heteroatoms. The first-order chi connectivity index (χ1) is 10.7. The number of ether oxygens (including phenoxy) is 1. The van der Waals surface area contributed by atoms with Crippen molar-refractivity contribution in [2.75, 3.05) is 12.4 Å². The molecule has 0 unspecified atom stereocenters. The molecule has 0 atom stereocenters. The zero-order valence-electron chi connectivity index (χ0n) is 12.5. The molecule has 0 radical (unpaired) electrons. The van der Waals surface area contributed by atoms with Crippen molar-refractivity contribution in [3.63, 3.8) is 0 Å². The molecule has 0 spiro atoms. The van der Waals surface area contributed by atoms with Gasteiger partial charge in [0.05, 0.1) is 13.5 Å². The number of aromatic amines is 1. The summed E-state index contributed by atoms with van der Waals surface area (Å²) in [6.45, 7) is 1.92. The number of nitrogens with one attached hydrogen (secondary N) is 2. The Balaban J connectivity index is 1.81. The van der Waals surface area contributed by atoms with Crippen LogP contribution < -0.4 is 10.1 Å². The smallest absolute Gasteiger partial charge is 0.228 e. The molecule has 0 saturated heterocycles. The van der Waals surface area contributed by atoms with Gasteiger partial charge in [0.25, 0.3) is 0 Å². The Bertz CT molecular complexity index is 824. The summed E-state index contributed by atoms with van der Waals surface area (Å²) in [4.78, 5) is 19.4. The van der Waals surface area contributed by atoms with E-state index in [1.54, 1.807) is 25.6 Å². The van der Waals surface area contributed by atoms with Crippen LogP contribution >= 0.6 is 0 Å². The van der Waals surface area contributed by atoms with Crippen LogP contribution in [0.1, 0.15) is 11.1 Å². The predicted octanol–water partition coefficient (Wildman–Crippen LogP) is 3.06. The van der Waals surface area contributed by atoms with E-state index < -0.39 is 0 Å². The van der Waals surface area contributed by atoms with Crippen LogP contribution in [0.25, 0.3) is 10.9 Å². The molecule has 0 fully saturated rings. The Morgan fingerprint density at radius 3 is 3.00 bits per heavy atom. The maximum atomic E-state index is 12.3. The number of anilines is 1. The number of aromatic nitrogens is 2. The van der Waals surface area contributed by atoms with Gasteiger partial charge in [-0.3, -0.25) is 9.78 Å². The molecule has 2 heterocycles. The van der Waals surface area contributed by atoms with Gasteiger partial charge in [-0.1, -0.05) is 0 Å². The van der Waals surface area contributed by atoms with Crippen LogP contribution in [0, 0.1) is 6.92 Å². The van der Waals surface area contributed by atoms with E-state index in [9.17, 15) is 4.79 Å². The zero-order chi connectivity index (χ0) is 15.5. The number of amides is 1. The minimum absolute atomic E-state index is 0.0574. The zero-order valence-corrected chi connectivity index (χ0v) is 12.5. The summed E-state index contributed by atoms with van der Waals surface area (Å²) in [5, 5.41) is 3.92. The topological polar surface area (TPSA) is 67.0 Å². The molecule has 1 aromatic carbocycles. The Morgan fingerprint density at radius 2 is 2.23 bits per heavy atom. The molecule has 5 nitrogen and oxygen atoms in total. The molecule has 0 saturated carbocycles. The van der Waals surface area contributed by atoms with Gasteiger partial charge in [0.15, 0.2) is 0 Å². The second kappa shape index (κ2) is 5.89. The van der Waals surface area contributed by atoms with Crippen molar-refractivity contribution in [1.82, 2.24) is 9.97 Å². The highest BCUT2D eigenvalue weighted by atomic mass is 16.5. The lowest BCUT2D eigenvalue weighted by Crippen LogP contribution is -2.15. The van der Waals surface area contributed by atoms with E-state index >= 15 is 0 Å². The van der Waals surface area contributed by atoms with Crippen molar-refractivity contribution in [2.24, 2.45) is 0 Å². The van der Waals surface area contributed by atoms with Crippen LogP contribution in [0.4, 0.5) is 5.69 Å². The first-order valence-corrected chi connectivity index (χ1v) is 7.02. The average molecular weight is 295 g/mol. The summed E-state index contributed by atoms with van der Waals surface area (Å²) >= 11 is 0. The number of nitrogens with zero attached hydrogens (tertiary/aromatic N) is 1. The van der Waals surface area contributed by atoms with Crippen molar-refractivity contribution in [3.8, 4) is 5.75 Å². The van der Waals surface area contributed by atoms with Crippen LogP contribution in [0.5, 0.6) is 5.75 Å². The molecule has 112 valence electrons. The normalized spacial score (nSPS) is 10.6. The SMILES string of the molecule is COc1ccc2[nH]cc(CC(=O)Nc3ccncc3C)c2c1. The molecule has 0 aliphatic rings. The highest BCUT2D eigenvalue weighted by molar-refractivity contribution is 5.96. The molecule has 0 bridgehead atoms. The second-order valence-electron chi connectivity index (χ2n) is 5.14. The van der Waals surface area contributed by atoms with Crippen LogP contribution in [-0.4, -0.2) is 23.0 Å². The van der Waals surface area contributed by atoms with Gasteiger partial charge >= 0.3 is 0 Å². The number of carbonyl (C=O) groups excluding carboxylic acids is 1. The van der Waals surface area contributed by atoms with E-state index in [-0.39, 0.29) is 5.91 Å². The van der Waals surface area contributed by atoms with Gasteiger partial charge in [-0.05, 0) is 42.3 Å². The van der Waals surface area contributed by atoms with E-state index in [0.29, 0.717) is 6.42 Å². The van der Waals surface area contributed by atoms with Crippen LogP contribution in [-0.2, 0) is 11.2 Å². The largest absolute Gasteiger partial charge is 0.497 e. The molecule has 2 N–H and O–H groups in total. The lowest BCUT2D eigenvalue weighted by atomic mass is 10.1. The van der Waals surface area contributed by atoms with E-state index in [2.05, 4.69) is 15.3 Å². The third-order valence-corrected chi connectivity index (χ3v) is 3.62. The van der Waals surface area contributed by atoms with E-state index in [1.807, 2.05) is 31.3 Å². The van der Waals surface area contributed by atoms with Crippen molar-refractivity contribution in [3.05, 3.63) is 54.0 Å². The van der Waals surface area contributed by atoms with Crippen LogP contribution in [0.3, 0.4) is 0 Å². The number of rotatable bonds is 4. The van der Waals surface area contributed by atoms with Crippen molar-refractivity contribution < 1.29 is 9.53 Å². The van der Waals surface area contributed by atoms with Gasteiger partial charge in [-0.15, -0.1) is 0 Å². The molecule has 0 aliphatic carbocycles. The summed E-state index contributed by atoms with van der Waals surface area (Å²) in [7, 11) is 1.63. The highest BCUT2D eigenvalue weighted by Gasteiger charge is 2.11. The number of carbonyl (C=O) groups is 1. The summed E-state index contributed by atoms with van der Waals surface area (Å²) in [6.07, 6.45) is 5.56. The molecular formula is C17H17N3O2. The second-order valence-corrected chi connectivity index (χ2v) is 5.14. The minimum atomic E-state index is -0.0574. The predicted molar refractivity (Wildman–Crippen MR) is 86.2 cm³/mol. The van der Waals surface area contributed by atoms with E-state index in [1.165, 1.54) is 0 Å². The maximum Gasteiger partial charge on any atom is 0.228 e. The third-order valence-electron chi connectivity index (χ3n) is 3.62. The number of fused-ring (bicyclic) bond motifs is 1. The Morgan fingerprint density at radius 1 is 1.36 bits per heavy atom. The number of benzene rings is 1. The molecule has 3 rings (SSSR count). The first kappa shape index (κ1) is 14.1. The van der Waals surface area contributed by atoms with Gasteiger partial charge in [-0.2, -0.15) is 0 Å². The summed E-state index contributed by atoms with van der Waals surface area (Å²) in [5.74, 6) is 0.719. The van der Waals surface area contributed by atoms with Gasteiger partial charge in [0.1, 0.15) is 5.75 Å². The number of pyridine rings is 1. The Labute approximate surface area is 128 Å². The fourth-order valence-electron chi connectivity index (χ4n) is 2.41. The third kappa shape index (κ3) is 2.79. The quantitative estimate of drug-likeness (QED) is 0.777. The lowest BCUT2D eigenvalue weighted by Gasteiger charge is -2.07. The van der Waals surface area contributed by atoms with E-state index in [0.717, 1.165) is 33.5 Å². The standard InChI is InChI=1S/C17H17N3O2/c1-11-9-18-6-5-15(11)20-17(21)7-12-10-19-16-4-3-13(22-2)8-14(12)16/h3-6,8-10,19H,7H2,1-2H3,(H,18,20,21). The number of hydrogen-bond acceptors (Lipinski definition) is 3. The number of methoxy groups -OCH3 is 1. The van der Waals surface area contributed by atoms with Gasteiger partial charge < -0.3 is 15.0 Å². The minimum Gasteiger partial charge on any atom is -0.497 e. The van der Waals surface area contributed by atoms with Crippen LogP contribution in [0.2, 0.25) is 0 Å². The summed E-state index contributed by atoms with van der Waals surface area (Å²) < 4.78 is 5.24. The number of hydrogen-bond donors (Lipinski definition) is 2. The number of H-pyrrole nitrogens is 1. The van der Waals surface area contributed by atoms with Gasteiger partial charge in [0.2, 0.25) is 5.91 Å². The van der Waals surface area contributed by atoms with Crippen molar-refractivity contribution >= 4 is 22.5 Å². The molecule has 2 aromatic heterocycles. The van der Waals surface area contributed by atoms with Crippen molar-refractivity contribution in [1.29, 1.82) is 0 Å². The maximum absolute atomic E-state index is 12.3. The molecular weight excluding hydrogens is 278 g/mol. The molecule has 22 heavy (non-hydrogen) atoms. The Hall–Kier alpha value is -2.82. The van der Waals surface area contributed by atoms with Gasteiger partial charge in [0, 0.05) is 35.2 Å². The Kier molecular flexibility index (Phi) is 3.78.